The lowest BCUT2D eigenvalue weighted by atomic mass is 9.90. The van der Waals surface area contributed by atoms with Crippen molar-refractivity contribution in [2.75, 3.05) is 5.32 Å². The van der Waals surface area contributed by atoms with E-state index in [2.05, 4.69) is 10.3 Å². The Balaban J connectivity index is 2.19. The first kappa shape index (κ1) is 13.7. The number of nitrogens with zero attached hydrogens (tertiary/aromatic N) is 2. The minimum atomic E-state index is -1.04. The second kappa shape index (κ2) is 5.52. The number of carboxylic acids is 1. The molecule has 0 radical (unpaired) electrons. The standard InChI is InChI=1S/C11H15N3O4S/c15-9(16)11(5-3-1-2-4-6-11)13-10-12-7-8(19-10)14(17)18/h7H,1-6H2,(H,12,13)(H,15,16). The van der Waals surface area contributed by atoms with E-state index in [9.17, 15) is 20.0 Å². The predicted octanol–water partition coefficient (Wildman–Crippen LogP) is 2.64. The van der Waals surface area contributed by atoms with E-state index < -0.39 is 16.4 Å². The molecule has 104 valence electrons. The number of thiazole rings is 1. The molecule has 1 aromatic heterocycles. The van der Waals surface area contributed by atoms with E-state index in [0.29, 0.717) is 18.0 Å². The number of carboxylic acid groups (broad SMARTS) is 1. The second-order valence-corrected chi connectivity index (χ2v) is 5.70. The molecular formula is C11H15N3O4S. The van der Waals surface area contributed by atoms with Crippen molar-refractivity contribution in [3.05, 3.63) is 16.3 Å². The quantitative estimate of drug-likeness (QED) is 0.500. The molecule has 1 heterocycles. The molecule has 0 aromatic carbocycles. The van der Waals surface area contributed by atoms with Crippen LogP contribution in [0.4, 0.5) is 10.1 Å². The fourth-order valence-corrected chi connectivity index (χ4v) is 3.07. The third-order valence-corrected chi connectivity index (χ3v) is 4.25. The van der Waals surface area contributed by atoms with Crippen molar-refractivity contribution in [1.29, 1.82) is 0 Å². The Bertz CT molecular complexity index is 480. The molecule has 0 spiro atoms. The molecule has 0 saturated heterocycles. The number of anilines is 1. The molecule has 8 heteroatoms. The fourth-order valence-electron chi connectivity index (χ4n) is 2.34. The summed E-state index contributed by atoms with van der Waals surface area (Å²) in [7, 11) is 0. The molecule has 1 aromatic rings. The van der Waals surface area contributed by atoms with Gasteiger partial charge in [0.05, 0.1) is 4.92 Å². The van der Waals surface area contributed by atoms with E-state index in [1.165, 1.54) is 0 Å². The summed E-state index contributed by atoms with van der Waals surface area (Å²) < 4.78 is 0. The third-order valence-electron chi connectivity index (χ3n) is 3.39. The first-order valence-electron chi connectivity index (χ1n) is 6.15. The van der Waals surface area contributed by atoms with Crippen molar-refractivity contribution >= 4 is 27.4 Å². The molecule has 2 rings (SSSR count). The first-order valence-corrected chi connectivity index (χ1v) is 6.97. The average molecular weight is 285 g/mol. The van der Waals surface area contributed by atoms with Gasteiger partial charge in [-0.3, -0.25) is 10.1 Å². The second-order valence-electron chi connectivity index (χ2n) is 4.69. The van der Waals surface area contributed by atoms with Gasteiger partial charge in [-0.2, -0.15) is 0 Å². The summed E-state index contributed by atoms with van der Waals surface area (Å²) in [6.45, 7) is 0. The van der Waals surface area contributed by atoms with Crippen molar-refractivity contribution in [3.8, 4) is 0 Å². The molecule has 1 aliphatic rings. The molecule has 1 fully saturated rings. The van der Waals surface area contributed by atoms with Gasteiger partial charge in [0.2, 0.25) is 0 Å². The summed E-state index contributed by atoms with van der Waals surface area (Å²) in [6, 6.07) is 0. The van der Waals surface area contributed by atoms with Gasteiger partial charge in [0, 0.05) is 0 Å². The number of hydrogen-bond acceptors (Lipinski definition) is 6. The summed E-state index contributed by atoms with van der Waals surface area (Å²) in [6.07, 6.45) is 5.92. The smallest absolute Gasteiger partial charge is 0.345 e. The van der Waals surface area contributed by atoms with Crippen LogP contribution in [0.3, 0.4) is 0 Å². The molecule has 0 aliphatic heterocycles. The average Bonchev–Trinajstić information content (AvgIpc) is 2.68. The zero-order valence-corrected chi connectivity index (χ0v) is 11.1. The monoisotopic (exact) mass is 285 g/mol. The lowest BCUT2D eigenvalue weighted by Gasteiger charge is -2.28. The van der Waals surface area contributed by atoms with Gasteiger partial charge in [-0.25, -0.2) is 9.78 Å². The zero-order chi connectivity index (χ0) is 13.9. The van der Waals surface area contributed by atoms with Crippen molar-refractivity contribution in [2.45, 2.75) is 44.1 Å². The van der Waals surface area contributed by atoms with Crippen LogP contribution in [0, 0.1) is 10.1 Å². The van der Waals surface area contributed by atoms with Crippen LogP contribution in [-0.2, 0) is 4.79 Å². The van der Waals surface area contributed by atoms with Crippen LogP contribution >= 0.6 is 11.3 Å². The highest BCUT2D eigenvalue weighted by atomic mass is 32.1. The Morgan fingerprint density at radius 3 is 2.53 bits per heavy atom. The van der Waals surface area contributed by atoms with E-state index >= 15 is 0 Å². The Morgan fingerprint density at radius 2 is 2.05 bits per heavy atom. The van der Waals surface area contributed by atoms with Gasteiger partial charge in [-0.05, 0) is 24.2 Å². The number of hydrogen-bond donors (Lipinski definition) is 2. The Labute approximate surface area is 113 Å². The van der Waals surface area contributed by atoms with E-state index in [4.69, 9.17) is 0 Å². The molecule has 1 aliphatic carbocycles. The molecule has 19 heavy (non-hydrogen) atoms. The number of carbonyl (C=O) groups is 1. The molecule has 0 bridgehead atoms. The highest BCUT2D eigenvalue weighted by Gasteiger charge is 2.39. The molecule has 1 saturated carbocycles. The molecule has 0 unspecified atom stereocenters. The maximum Gasteiger partial charge on any atom is 0.345 e. The molecular weight excluding hydrogens is 270 g/mol. The van der Waals surface area contributed by atoms with Crippen molar-refractivity contribution < 1.29 is 14.8 Å². The van der Waals surface area contributed by atoms with Crippen LogP contribution in [0.1, 0.15) is 38.5 Å². The SMILES string of the molecule is O=C(O)C1(Nc2ncc([N+](=O)[O-])s2)CCCCCC1. The summed E-state index contributed by atoms with van der Waals surface area (Å²) in [4.78, 5) is 25.5. The van der Waals surface area contributed by atoms with Crippen LogP contribution in [0.25, 0.3) is 0 Å². The lowest BCUT2D eigenvalue weighted by molar-refractivity contribution is -0.380. The van der Waals surface area contributed by atoms with Gasteiger partial charge in [-0.15, -0.1) is 0 Å². The number of aliphatic carboxylic acids is 1. The van der Waals surface area contributed by atoms with Crippen LogP contribution < -0.4 is 5.32 Å². The van der Waals surface area contributed by atoms with Crippen molar-refractivity contribution in [1.82, 2.24) is 4.98 Å². The van der Waals surface area contributed by atoms with Crippen molar-refractivity contribution in [3.63, 3.8) is 0 Å². The minimum absolute atomic E-state index is 0.0864. The molecule has 2 N–H and O–H groups in total. The fraction of sp³-hybridized carbons (Fsp3) is 0.636. The largest absolute Gasteiger partial charge is 0.480 e. The summed E-state index contributed by atoms with van der Waals surface area (Å²) in [5.74, 6) is -0.910. The van der Waals surface area contributed by atoms with E-state index in [0.717, 1.165) is 43.2 Å². The topological polar surface area (TPSA) is 105 Å². The predicted molar refractivity (Wildman–Crippen MR) is 70.5 cm³/mol. The van der Waals surface area contributed by atoms with Gasteiger partial charge >= 0.3 is 11.0 Å². The van der Waals surface area contributed by atoms with Crippen molar-refractivity contribution in [2.24, 2.45) is 0 Å². The molecule has 0 atom stereocenters. The summed E-state index contributed by atoms with van der Waals surface area (Å²) in [5.41, 5.74) is -1.04. The molecule has 0 amide bonds. The Morgan fingerprint density at radius 1 is 1.42 bits per heavy atom. The molecule has 7 nitrogen and oxygen atoms in total. The number of rotatable bonds is 4. The van der Waals surface area contributed by atoms with Crippen LogP contribution in [0.2, 0.25) is 0 Å². The van der Waals surface area contributed by atoms with Gasteiger partial charge in [0.15, 0.2) is 5.13 Å². The summed E-state index contributed by atoms with van der Waals surface area (Å²) in [5, 5.41) is 23.2. The Kier molecular flexibility index (Phi) is 3.98. The first-order chi connectivity index (χ1) is 9.03. The van der Waals surface area contributed by atoms with E-state index in [-0.39, 0.29) is 5.00 Å². The highest BCUT2D eigenvalue weighted by molar-refractivity contribution is 7.18. The zero-order valence-electron chi connectivity index (χ0n) is 10.3. The normalized spacial score (nSPS) is 18.5. The Hall–Kier alpha value is -1.70. The van der Waals surface area contributed by atoms with Crippen LogP contribution in [0.5, 0.6) is 0 Å². The van der Waals surface area contributed by atoms with Gasteiger partial charge in [0.1, 0.15) is 11.7 Å². The van der Waals surface area contributed by atoms with Gasteiger partial charge in [0.25, 0.3) is 0 Å². The summed E-state index contributed by atoms with van der Waals surface area (Å²) >= 11 is 0.873. The van der Waals surface area contributed by atoms with E-state index in [1.54, 1.807) is 0 Å². The maximum atomic E-state index is 11.6. The van der Waals surface area contributed by atoms with Gasteiger partial charge < -0.3 is 10.4 Å². The number of nitro groups is 1. The number of nitrogens with one attached hydrogen (secondary N) is 1. The van der Waals surface area contributed by atoms with Gasteiger partial charge in [-0.1, -0.05) is 25.7 Å². The maximum absolute atomic E-state index is 11.6. The lowest BCUT2D eigenvalue weighted by Crippen LogP contribution is -2.45. The minimum Gasteiger partial charge on any atom is -0.480 e. The highest BCUT2D eigenvalue weighted by Crippen LogP contribution is 2.34. The van der Waals surface area contributed by atoms with E-state index in [1.807, 2.05) is 0 Å². The third kappa shape index (κ3) is 3.01. The van der Waals surface area contributed by atoms with Crippen LogP contribution in [-0.4, -0.2) is 26.5 Å². The number of aromatic nitrogens is 1. The van der Waals surface area contributed by atoms with Crippen LogP contribution in [0.15, 0.2) is 6.20 Å².